The van der Waals surface area contributed by atoms with Gasteiger partial charge in [0.05, 0.1) is 11.3 Å². The first-order valence-corrected chi connectivity index (χ1v) is 10.1. The molecule has 0 aromatic carbocycles. The zero-order valence-corrected chi connectivity index (χ0v) is 17.0. The molecule has 0 atom stereocenters. The molecule has 0 aromatic rings. The second kappa shape index (κ2) is 9.99. The highest BCUT2D eigenvalue weighted by atomic mass is 19.4. The lowest BCUT2D eigenvalue weighted by atomic mass is 9.95. The Bertz CT molecular complexity index is 661. The number of nitrogens with one attached hydrogen (secondary N) is 2. The van der Waals surface area contributed by atoms with Crippen LogP contribution in [0, 0.1) is 5.92 Å². The number of hydrogen-bond donors (Lipinski definition) is 2. The largest absolute Gasteiger partial charge is 0.418 e. The van der Waals surface area contributed by atoms with E-state index in [4.69, 9.17) is 0 Å². The van der Waals surface area contributed by atoms with Crippen LogP contribution in [0.5, 0.6) is 0 Å². The van der Waals surface area contributed by atoms with E-state index in [1.165, 1.54) is 19.4 Å². The summed E-state index contributed by atoms with van der Waals surface area (Å²) in [5.41, 5.74) is 0.248. The van der Waals surface area contributed by atoms with E-state index in [9.17, 15) is 13.2 Å². The number of nitrogens with zero attached hydrogens (tertiary/aromatic N) is 1. The highest BCUT2D eigenvalue weighted by Crippen LogP contribution is 2.37. The molecule has 3 nitrogen and oxygen atoms in total. The van der Waals surface area contributed by atoms with E-state index in [0.717, 1.165) is 50.3 Å². The normalized spacial score (nSPS) is 20.5. The maximum absolute atomic E-state index is 13.7. The molecule has 6 heteroatoms. The zero-order valence-electron chi connectivity index (χ0n) is 17.0. The average molecular weight is 396 g/mol. The molecule has 0 aliphatic heterocycles. The van der Waals surface area contributed by atoms with Gasteiger partial charge in [0.15, 0.2) is 0 Å². The Hall–Kier alpha value is -1.98. The van der Waals surface area contributed by atoms with Crippen molar-refractivity contribution in [1.29, 1.82) is 0 Å². The van der Waals surface area contributed by atoms with Gasteiger partial charge in [-0.2, -0.15) is 13.2 Å². The Labute approximate surface area is 166 Å². The fourth-order valence-electron chi connectivity index (χ4n) is 3.67. The van der Waals surface area contributed by atoms with Gasteiger partial charge in [0.2, 0.25) is 0 Å². The van der Waals surface area contributed by atoms with E-state index in [1.54, 1.807) is 7.05 Å². The molecule has 2 fully saturated rings. The second-order valence-electron chi connectivity index (χ2n) is 7.58. The third kappa shape index (κ3) is 6.28. The minimum absolute atomic E-state index is 0.122. The monoisotopic (exact) mass is 395 g/mol. The standard InChI is InChI=1S/C22H32F3N3/c1-5-18(20(26-4)14-16-12-13-16)21(19(6-2)22(23,24)25)28-15(3)27-17-10-8-7-9-11-17/h5-6,16-17,26-27H,1,3,7-14H2,2,4H3/b19-6+,20-18?,28-21?. The zero-order chi connectivity index (χ0) is 20.7. The molecule has 28 heavy (non-hydrogen) atoms. The van der Waals surface area contributed by atoms with Gasteiger partial charge in [-0.3, -0.25) is 0 Å². The molecule has 2 rings (SSSR count). The highest BCUT2D eigenvalue weighted by Gasteiger charge is 2.38. The quantitative estimate of drug-likeness (QED) is 0.383. The van der Waals surface area contributed by atoms with Gasteiger partial charge < -0.3 is 10.6 Å². The van der Waals surface area contributed by atoms with Gasteiger partial charge in [-0.05, 0) is 44.9 Å². The minimum atomic E-state index is -4.51. The van der Waals surface area contributed by atoms with Gasteiger partial charge in [0, 0.05) is 24.4 Å². The molecule has 0 amide bonds. The molecule has 0 unspecified atom stereocenters. The molecular formula is C22H32F3N3. The Morgan fingerprint density at radius 1 is 1.14 bits per heavy atom. The van der Waals surface area contributed by atoms with Gasteiger partial charge in [-0.15, -0.1) is 0 Å². The third-order valence-corrected chi connectivity index (χ3v) is 5.35. The van der Waals surface area contributed by atoms with E-state index in [1.807, 2.05) is 0 Å². The number of allylic oxidation sites excluding steroid dienone is 5. The first kappa shape index (κ1) is 22.3. The van der Waals surface area contributed by atoms with Crippen LogP contribution < -0.4 is 10.6 Å². The summed E-state index contributed by atoms with van der Waals surface area (Å²) in [5, 5.41) is 6.29. The van der Waals surface area contributed by atoms with Crippen molar-refractivity contribution in [1.82, 2.24) is 10.6 Å². The summed E-state index contributed by atoms with van der Waals surface area (Å²) in [6.45, 7) is 9.05. The lowest BCUT2D eigenvalue weighted by Gasteiger charge is -2.24. The molecule has 0 bridgehead atoms. The summed E-state index contributed by atoms with van der Waals surface area (Å²) in [4.78, 5) is 4.33. The number of hydrogen-bond acceptors (Lipinski definition) is 3. The van der Waals surface area contributed by atoms with Crippen LogP contribution in [0.1, 0.15) is 58.3 Å². The first-order chi connectivity index (χ1) is 13.3. The molecule has 2 N–H and O–H groups in total. The van der Waals surface area contributed by atoms with Crippen LogP contribution in [0.4, 0.5) is 13.2 Å². The lowest BCUT2D eigenvalue weighted by molar-refractivity contribution is -0.0861. The third-order valence-electron chi connectivity index (χ3n) is 5.35. The molecule has 2 aliphatic carbocycles. The molecule has 0 saturated heterocycles. The summed E-state index contributed by atoms with van der Waals surface area (Å²) in [5.74, 6) is 0.786. The van der Waals surface area contributed by atoms with Gasteiger partial charge in [-0.1, -0.05) is 44.6 Å². The van der Waals surface area contributed by atoms with E-state index in [-0.39, 0.29) is 17.6 Å². The molecular weight excluding hydrogens is 363 g/mol. The molecule has 156 valence electrons. The topological polar surface area (TPSA) is 36.4 Å². The van der Waals surface area contributed by atoms with Crippen LogP contribution in [0.2, 0.25) is 0 Å². The molecule has 0 radical (unpaired) electrons. The van der Waals surface area contributed by atoms with Crippen LogP contribution in [-0.2, 0) is 0 Å². The fourth-order valence-corrected chi connectivity index (χ4v) is 3.67. The smallest absolute Gasteiger partial charge is 0.391 e. The second-order valence-corrected chi connectivity index (χ2v) is 7.58. The summed E-state index contributed by atoms with van der Waals surface area (Å²) in [7, 11) is 1.73. The Morgan fingerprint density at radius 2 is 1.79 bits per heavy atom. The molecule has 2 saturated carbocycles. The van der Waals surface area contributed by atoms with Crippen LogP contribution >= 0.6 is 0 Å². The van der Waals surface area contributed by atoms with E-state index < -0.39 is 11.7 Å². The predicted octanol–water partition coefficient (Wildman–Crippen LogP) is 5.79. The van der Waals surface area contributed by atoms with Gasteiger partial charge >= 0.3 is 6.18 Å². The lowest BCUT2D eigenvalue weighted by Crippen LogP contribution is -2.31. The number of rotatable bonds is 9. The Kier molecular flexibility index (Phi) is 7.96. The summed E-state index contributed by atoms with van der Waals surface area (Å²) < 4.78 is 41.2. The molecule has 0 spiro atoms. The molecule has 0 aromatic heterocycles. The van der Waals surface area contributed by atoms with Crippen molar-refractivity contribution >= 4 is 5.71 Å². The summed E-state index contributed by atoms with van der Waals surface area (Å²) in [6.07, 6.45) is 6.37. The van der Waals surface area contributed by atoms with Gasteiger partial charge in [-0.25, -0.2) is 4.99 Å². The van der Waals surface area contributed by atoms with Crippen molar-refractivity contribution in [2.24, 2.45) is 10.9 Å². The Balaban J connectivity index is 2.40. The van der Waals surface area contributed by atoms with Crippen molar-refractivity contribution in [3.8, 4) is 0 Å². The number of aliphatic imine (C=N–C) groups is 1. The van der Waals surface area contributed by atoms with Crippen LogP contribution in [-0.4, -0.2) is 25.0 Å². The SMILES string of the molecule is C=CC(C(=NC(=C)NC1CCCCC1)/C(=C\C)C(F)(F)F)=C(CC1CC1)NC. The molecule has 2 aliphatic rings. The predicted molar refractivity (Wildman–Crippen MR) is 110 cm³/mol. The molecule has 0 heterocycles. The van der Waals surface area contributed by atoms with Gasteiger partial charge in [0.25, 0.3) is 0 Å². The highest BCUT2D eigenvalue weighted by molar-refractivity contribution is 6.15. The summed E-state index contributed by atoms with van der Waals surface area (Å²) >= 11 is 0. The fraction of sp³-hybridized carbons (Fsp3) is 0.591. The maximum Gasteiger partial charge on any atom is 0.418 e. The van der Waals surface area contributed by atoms with E-state index in [2.05, 4.69) is 28.8 Å². The van der Waals surface area contributed by atoms with Crippen LogP contribution in [0.15, 0.2) is 53.0 Å². The van der Waals surface area contributed by atoms with Crippen LogP contribution in [0.25, 0.3) is 0 Å². The first-order valence-electron chi connectivity index (χ1n) is 10.1. The summed E-state index contributed by atoms with van der Waals surface area (Å²) in [6, 6.07) is 0.220. The average Bonchev–Trinajstić information content (AvgIpc) is 3.45. The van der Waals surface area contributed by atoms with Crippen molar-refractivity contribution in [2.45, 2.75) is 70.5 Å². The van der Waals surface area contributed by atoms with Gasteiger partial charge in [0.1, 0.15) is 5.82 Å². The van der Waals surface area contributed by atoms with E-state index >= 15 is 0 Å². The maximum atomic E-state index is 13.7. The van der Waals surface area contributed by atoms with Crippen molar-refractivity contribution in [3.63, 3.8) is 0 Å². The number of halogens is 3. The van der Waals surface area contributed by atoms with Crippen LogP contribution in [0.3, 0.4) is 0 Å². The number of alkyl halides is 3. The van der Waals surface area contributed by atoms with E-state index in [0.29, 0.717) is 17.9 Å². The van der Waals surface area contributed by atoms with Crippen molar-refractivity contribution in [3.05, 3.63) is 48.0 Å². The van der Waals surface area contributed by atoms with Crippen molar-refractivity contribution in [2.75, 3.05) is 7.05 Å². The minimum Gasteiger partial charge on any atom is -0.391 e. The Morgan fingerprint density at radius 3 is 2.25 bits per heavy atom. The van der Waals surface area contributed by atoms with Crippen molar-refractivity contribution < 1.29 is 13.2 Å².